The number of rotatable bonds is 5. The Hall–Kier alpha value is -4.16. The molecular weight excluding hydrogens is 518 g/mol. The van der Waals surface area contributed by atoms with Crippen molar-refractivity contribution < 1.29 is 54.2 Å². The fraction of sp³-hybridized carbons (Fsp3) is 0.167. The Morgan fingerprint density at radius 2 is 1.57 bits per heavy atom. The number of benzene rings is 3. The zero-order valence-corrected chi connectivity index (χ0v) is 18.5. The normalized spacial score (nSPS) is 14.3. The van der Waals surface area contributed by atoms with Gasteiger partial charge in [-0.15, -0.1) is 0 Å². The van der Waals surface area contributed by atoms with Gasteiger partial charge in [-0.3, -0.25) is 9.69 Å². The molecule has 1 aliphatic rings. The Bertz CT molecular complexity index is 1410. The summed E-state index contributed by atoms with van der Waals surface area (Å²) in [4.78, 5) is 24.6. The fourth-order valence-corrected chi connectivity index (χ4v) is 3.75. The number of amides is 1. The van der Waals surface area contributed by atoms with Gasteiger partial charge in [-0.2, -0.15) is 8.78 Å². The van der Waals surface area contributed by atoms with E-state index in [9.17, 15) is 44.7 Å². The molecule has 0 saturated heterocycles. The highest BCUT2D eigenvalue weighted by atomic mass is 19.3. The van der Waals surface area contributed by atoms with E-state index in [4.69, 9.17) is 0 Å². The van der Waals surface area contributed by atoms with Crippen LogP contribution < -0.4 is 9.64 Å². The first-order chi connectivity index (χ1) is 17.4. The molecule has 0 aliphatic carbocycles. The molecule has 3 aromatic carbocycles. The molecule has 0 fully saturated rings. The average molecular weight is 531 g/mol. The third-order valence-electron chi connectivity index (χ3n) is 5.52. The summed E-state index contributed by atoms with van der Waals surface area (Å²) >= 11 is 0. The summed E-state index contributed by atoms with van der Waals surface area (Å²) in [5, 5.41) is 0. The van der Waals surface area contributed by atoms with E-state index >= 15 is 0 Å². The van der Waals surface area contributed by atoms with Crippen molar-refractivity contribution in [3.8, 4) is 16.9 Å². The van der Waals surface area contributed by atoms with Gasteiger partial charge in [0.15, 0.2) is 29.0 Å². The van der Waals surface area contributed by atoms with Crippen molar-refractivity contribution in [3.63, 3.8) is 0 Å². The third-order valence-corrected chi connectivity index (χ3v) is 5.52. The van der Waals surface area contributed by atoms with Crippen LogP contribution in [0.3, 0.4) is 0 Å². The highest BCUT2D eigenvalue weighted by molar-refractivity contribution is 6.01. The second-order valence-corrected chi connectivity index (χ2v) is 7.76. The van der Waals surface area contributed by atoms with Gasteiger partial charge >= 0.3 is 18.0 Å². The smallest absolute Gasteiger partial charge is 0.465 e. The van der Waals surface area contributed by atoms with Crippen LogP contribution in [0.5, 0.6) is 5.75 Å². The first-order valence-electron chi connectivity index (χ1n) is 10.3. The molecule has 1 amide bonds. The summed E-state index contributed by atoms with van der Waals surface area (Å²) in [6.07, 6.45) is -4.61. The maximum Gasteiger partial charge on any atom is 0.482 e. The summed E-state index contributed by atoms with van der Waals surface area (Å²) in [7, 11) is 1.14. The molecule has 0 N–H and O–H groups in total. The van der Waals surface area contributed by atoms with Crippen molar-refractivity contribution in [3.05, 3.63) is 82.4 Å². The minimum atomic E-state index is -4.46. The molecule has 0 bridgehead atoms. The number of hydrogen-bond acceptors (Lipinski definition) is 4. The molecule has 1 aliphatic heterocycles. The number of fused-ring (bicyclic) bond motifs is 1. The van der Waals surface area contributed by atoms with E-state index in [0.717, 1.165) is 7.11 Å². The number of carbonyl (C=O) groups excluding carboxylic acids is 2. The molecule has 0 aromatic heterocycles. The second-order valence-electron chi connectivity index (χ2n) is 7.76. The zero-order valence-electron chi connectivity index (χ0n) is 18.5. The molecule has 5 nitrogen and oxygen atoms in total. The van der Waals surface area contributed by atoms with Gasteiger partial charge in [-0.05, 0) is 30.2 Å². The van der Waals surface area contributed by atoms with Gasteiger partial charge in [0.2, 0.25) is 5.82 Å². The van der Waals surface area contributed by atoms with E-state index in [0.29, 0.717) is 16.5 Å². The van der Waals surface area contributed by atoms with Crippen molar-refractivity contribution in [1.29, 1.82) is 0 Å². The second kappa shape index (κ2) is 9.37. The molecule has 0 unspecified atom stereocenters. The lowest BCUT2D eigenvalue weighted by Crippen LogP contribution is -2.51. The van der Waals surface area contributed by atoms with Crippen LogP contribution in [0.25, 0.3) is 11.1 Å². The maximum atomic E-state index is 14.7. The molecule has 0 spiro atoms. The monoisotopic (exact) mass is 531 g/mol. The Morgan fingerprint density at radius 1 is 0.946 bits per heavy atom. The molecule has 0 radical (unpaired) electrons. The first kappa shape index (κ1) is 25.9. The number of anilines is 1. The standard InChI is InChI=1S/C24H13F8NO4/c1-36-22(34)11-4-2-3-10(7-11)5-6-33-14-8-12(13(25)9-15(14)37-24(31,32)23(33)35)16-17(26)19(28)21(30)20(29)18(16)27/h2-4,7-9H,5-6H2,1H3. The molecule has 1 heterocycles. The van der Waals surface area contributed by atoms with Gasteiger partial charge in [0, 0.05) is 18.2 Å². The number of hydrogen-bond donors (Lipinski definition) is 0. The topological polar surface area (TPSA) is 55.8 Å². The number of ether oxygens (including phenoxy) is 2. The van der Waals surface area contributed by atoms with Crippen LogP contribution in [-0.2, 0) is 16.0 Å². The van der Waals surface area contributed by atoms with E-state index in [-0.39, 0.29) is 18.1 Å². The van der Waals surface area contributed by atoms with Gasteiger partial charge in [0.25, 0.3) is 0 Å². The maximum absolute atomic E-state index is 14.7. The Morgan fingerprint density at radius 3 is 2.19 bits per heavy atom. The quantitative estimate of drug-likeness (QED) is 0.188. The molecule has 4 rings (SSSR count). The largest absolute Gasteiger partial charge is 0.482 e. The number of alkyl halides is 2. The van der Waals surface area contributed by atoms with Crippen molar-refractivity contribution >= 4 is 17.6 Å². The lowest BCUT2D eigenvalue weighted by molar-refractivity contribution is -0.192. The number of nitrogens with zero attached hydrogens (tertiary/aromatic N) is 1. The number of halogens is 8. The Balaban J connectivity index is 1.80. The van der Waals surface area contributed by atoms with E-state index < -0.39 is 82.0 Å². The van der Waals surface area contributed by atoms with Crippen LogP contribution in [0.2, 0.25) is 0 Å². The molecule has 0 saturated carbocycles. The van der Waals surface area contributed by atoms with Crippen molar-refractivity contribution in [2.75, 3.05) is 18.6 Å². The SMILES string of the molecule is COC(=O)c1cccc(CCN2C(=O)C(F)(F)Oc3cc(F)c(-c4c(F)c(F)c(F)c(F)c4F)cc32)c1. The van der Waals surface area contributed by atoms with E-state index in [1.54, 1.807) is 0 Å². The predicted octanol–water partition coefficient (Wildman–Crippen LogP) is 5.54. The lowest BCUT2D eigenvalue weighted by Gasteiger charge is -2.34. The lowest BCUT2D eigenvalue weighted by atomic mass is 10.00. The van der Waals surface area contributed by atoms with Gasteiger partial charge in [-0.25, -0.2) is 31.1 Å². The Kier molecular flexibility index (Phi) is 6.57. The summed E-state index contributed by atoms with van der Waals surface area (Å²) in [5.74, 6) is -17.1. The Labute approximate surface area is 202 Å². The fourth-order valence-electron chi connectivity index (χ4n) is 3.75. The van der Waals surface area contributed by atoms with Gasteiger partial charge in [0.05, 0.1) is 23.9 Å². The van der Waals surface area contributed by atoms with Crippen LogP contribution in [0.15, 0.2) is 36.4 Å². The number of methoxy groups -OCH3 is 1. The molecule has 37 heavy (non-hydrogen) atoms. The van der Waals surface area contributed by atoms with Gasteiger partial charge in [0.1, 0.15) is 5.82 Å². The van der Waals surface area contributed by atoms with Gasteiger partial charge < -0.3 is 9.47 Å². The summed E-state index contributed by atoms with van der Waals surface area (Å²) in [6, 6.07) is 6.46. The van der Waals surface area contributed by atoms with Crippen LogP contribution in [0.1, 0.15) is 15.9 Å². The van der Waals surface area contributed by atoms with Crippen molar-refractivity contribution in [2.45, 2.75) is 12.5 Å². The number of esters is 1. The zero-order chi connectivity index (χ0) is 27.2. The average Bonchev–Trinajstić information content (AvgIpc) is 2.87. The summed E-state index contributed by atoms with van der Waals surface area (Å²) in [6.45, 7) is -0.530. The molecular formula is C24H13F8NO4. The summed E-state index contributed by atoms with van der Waals surface area (Å²) < 4.78 is 122. The van der Waals surface area contributed by atoms with E-state index in [2.05, 4.69) is 9.47 Å². The van der Waals surface area contributed by atoms with Gasteiger partial charge in [-0.1, -0.05) is 12.1 Å². The highest BCUT2D eigenvalue weighted by Gasteiger charge is 2.51. The minimum absolute atomic E-state index is 0.120. The first-order valence-corrected chi connectivity index (χ1v) is 10.3. The van der Waals surface area contributed by atoms with Crippen LogP contribution in [0.4, 0.5) is 40.8 Å². The molecule has 0 atom stereocenters. The number of carbonyl (C=O) groups is 2. The molecule has 3 aromatic rings. The molecule has 13 heteroatoms. The van der Waals surface area contributed by atoms with Crippen LogP contribution in [0, 0.1) is 34.9 Å². The van der Waals surface area contributed by atoms with Crippen LogP contribution in [-0.4, -0.2) is 31.6 Å². The van der Waals surface area contributed by atoms with Crippen LogP contribution >= 0.6 is 0 Å². The third kappa shape index (κ3) is 4.45. The summed E-state index contributed by atoms with van der Waals surface area (Å²) in [5.41, 5.74) is -2.96. The minimum Gasteiger partial charge on any atom is -0.465 e. The predicted molar refractivity (Wildman–Crippen MR) is 111 cm³/mol. The van der Waals surface area contributed by atoms with Crippen molar-refractivity contribution in [2.24, 2.45) is 0 Å². The molecule has 194 valence electrons. The van der Waals surface area contributed by atoms with Crippen molar-refractivity contribution in [1.82, 2.24) is 0 Å². The van der Waals surface area contributed by atoms with E-state index in [1.807, 2.05) is 0 Å². The highest BCUT2D eigenvalue weighted by Crippen LogP contribution is 2.44. The van der Waals surface area contributed by atoms with E-state index in [1.165, 1.54) is 24.3 Å².